The molecule has 20 heavy (non-hydrogen) atoms. The van der Waals surface area contributed by atoms with Crippen LogP contribution in [0.3, 0.4) is 0 Å². The van der Waals surface area contributed by atoms with Crippen molar-refractivity contribution in [3.8, 4) is 0 Å². The summed E-state index contributed by atoms with van der Waals surface area (Å²) in [4.78, 5) is 12.2. The molecule has 1 aromatic rings. The van der Waals surface area contributed by atoms with E-state index in [-0.39, 0.29) is 27.6 Å². The molecular weight excluding hydrogens is 300 g/mol. The Kier molecular flexibility index (Phi) is 4.92. The second-order valence-electron chi connectivity index (χ2n) is 5.59. The summed E-state index contributed by atoms with van der Waals surface area (Å²) in [5, 5.41) is 3.06. The Balaban J connectivity index is 2.14. The van der Waals surface area contributed by atoms with Gasteiger partial charge in [0.1, 0.15) is 5.82 Å². The molecule has 0 aliphatic heterocycles. The molecule has 0 saturated heterocycles. The van der Waals surface area contributed by atoms with Crippen LogP contribution in [0.25, 0.3) is 0 Å². The minimum atomic E-state index is -0.633. The molecule has 1 aromatic carbocycles. The normalized spacial score (nSPS) is 26.4. The van der Waals surface area contributed by atoms with Gasteiger partial charge in [0.25, 0.3) is 5.91 Å². The number of carbonyl (C=O) groups excluding carboxylic acids is 1. The quantitative estimate of drug-likeness (QED) is 0.788. The molecule has 0 heterocycles. The summed E-state index contributed by atoms with van der Waals surface area (Å²) in [5.74, 6) is 0.0119. The lowest BCUT2D eigenvalue weighted by molar-refractivity contribution is 0.0891. The van der Waals surface area contributed by atoms with E-state index in [1.807, 2.05) is 0 Å². The SMILES string of the molecule is CC1CCCC(NC(=O)c2cc(F)c(Cl)cc2Cl)C1C. The van der Waals surface area contributed by atoms with Gasteiger partial charge in [-0.1, -0.05) is 49.9 Å². The molecule has 2 nitrogen and oxygen atoms in total. The Bertz CT molecular complexity index is 521. The van der Waals surface area contributed by atoms with Crippen molar-refractivity contribution >= 4 is 29.1 Å². The van der Waals surface area contributed by atoms with Crippen LogP contribution >= 0.6 is 23.2 Å². The zero-order valence-electron chi connectivity index (χ0n) is 11.6. The first-order valence-corrected chi connectivity index (χ1v) is 7.61. The van der Waals surface area contributed by atoms with Gasteiger partial charge in [0.05, 0.1) is 15.6 Å². The number of hydrogen-bond donors (Lipinski definition) is 1. The van der Waals surface area contributed by atoms with Crippen molar-refractivity contribution in [1.82, 2.24) is 5.32 Å². The molecule has 1 saturated carbocycles. The van der Waals surface area contributed by atoms with Gasteiger partial charge in [-0.2, -0.15) is 0 Å². The Morgan fingerprint density at radius 1 is 1.25 bits per heavy atom. The van der Waals surface area contributed by atoms with Crippen LogP contribution in [-0.4, -0.2) is 11.9 Å². The molecule has 3 unspecified atom stereocenters. The minimum absolute atomic E-state index is 0.0776. The van der Waals surface area contributed by atoms with Crippen LogP contribution in [0.15, 0.2) is 12.1 Å². The largest absolute Gasteiger partial charge is 0.349 e. The highest BCUT2D eigenvalue weighted by Gasteiger charge is 2.29. The van der Waals surface area contributed by atoms with Gasteiger partial charge in [0.2, 0.25) is 0 Å². The average molecular weight is 318 g/mol. The second kappa shape index (κ2) is 6.31. The van der Waals surface area contributed by atoms with Crippen molar-refractivity contribution in [2.24, 2.45) is 11.8 Å². The van der Waals surface area contributed by atoms with Crippen molar-refractivity contribution in [3.63, 3.8) is 0 Å². The van der Waals surface area contributed by atoms with Crippen molar-refractivity contribution in [1.29, 1.82) is 0 Å². The Morgan fingerprint density at radius 3 is 2.65 bits per heavy atom. The van der Waals surface area contributed by atoms with Gasteiger partial charge in [-0.3, -0.25) is 4.79 Å². The lowest BCUT2D eigenvalue weighted by Gasteiger charge is -2.34. The summed E-state index contributed by atoms with van der Waals surface area (Å²) in [5.41, 5.74) is 0.138. The van der Waals surface area contributed by atoms with Crippen molar-refractivity contribution < 1.29 is 9.18 Å². The number of hydrogen-bond acceptors (Lipinski definition) is 1. The molecule has 1 aliphatic rings. The van der Waals surface area contributed by atoms with Crippen molar-refractivity contribution in [2.75, 3.05) is 0 Å². The van der Waals surface area contributed by atoms with Gasteiger partial charge >= 0.3 is 0 Å². The molecule has 3 atom stereocenters. The summed E-state index contributed by atoms with van der Waals surface area (Å²) in [7, 11) is 0. The maximum Gasteiger partial charge on any atom is 0.253 e. The van der Waals surface area contributed by atoms with E-state index in [2.05, 4.69) is 19.2 Å². The molecule has 0 spiro atoms. The highest BCUT2D eigenvalue weighted by atomic mass is 35.5. The summed E-state index contributed by atoms with van der Waals surface area (Å²) < 4.78 is 13.5. The van der Waals surface area contributed by atoms with Gasteiger partial charge in [-0.25, -0.2) is 4.39 Å². The third-order valence-corrected chi connectivity index (χ3v) is 4.88. The molecule has 1 N–H and O–H groups in total. The van der Waals surface area contributed by atoms with E-state index >= 15 is 0 Å². The van der Waals surface area contributed by atoms with Crippen LogP contribution in [-0.2, 0) is 0 Å². The van der Waals surface area contributed by atoms with E-state index < -0.39 is 5.82 Å². The molecule has 1 aliphatic carbocycles. The fraction of sp³-hybridized carbons (Fsp3) is 0.533. The Morgan fingerprint density at radius 2 is 1.95 bits per heavy atom. The lowest BCUT2D eigenvalue weighted by Crippen LogP contribution is -2.43. The van der Waals surface area contributed by atoms with Gasteiger partial charge in [0.15, 0.2) is 0 Å². The predicted molar refractivity (Wildman–Crippen MR) is 79.9 cm³/mol. The number of nitrogens with one attached hydrogen (secondary N) is 1. The number of rotatable bonds is 2. The highest BCUT2D eigenvalue weighted by Crippen LogP contribution is 2.30. The smallest absolute Gasteiger partial charge is 0.253 e. The van der Waals surface area contributed by atoms with Gasteiger partial charge in [-0.15, -0.1) is 0 Å². The molecular formula is C15H18Cl2FNO. The molecule has 0 radical (unpaired) electrons. The standard InChI is InChI=1S/C15H18Cl2FNO/c1-8-4-3-5-14(9(8)2)19-15(20)10-6-13(18)12(17)7-11(10)16/h6-9,14H,3-5H2,1-2H3,(H,19,20). The molecule has 110 valence electrons. The topological polar surface area (TPSA) is 29.1 Å². The number of halogens is 3. The monoisotopic (exact) mass is 317 g/mol. The number of carbonyl (C=O) groups is 1. The lowest BCUT2D eigenvalue weighted by atomic mass is 9.78. The van der Waals surface area contributed by atoms with Crippen LogP contribution < -0.4 is 5.32 Å². The summed E-state index contributed by atoms with van der Waals surface area (Å²) >= 11 is 11.6. The first kappa shape index (κ1) is 15.6. The Labute approximate surface area is 128 Å². The summed E-state index contributed by atoms with van der Waals surface area (Å²) in [6, 6.07) is 2.47. The third kappa shape index (κ3) is 3.26. The summed E-state index contributed by atoms with van der Waals surface area (Å²) in [6.45, 7) is 4.33. The van der Waals surface area contributed by atoms with Crippen LogP contribution in [0, 0.1) is 17.7 Å². The van der Waals surface area contributed by atoms with Crippen molar-refractivity contribution in [3.05, 3.63) is 33.6 Å². The molecule has 0 aromatic heterocycles. The summed E-state index contributed by atoms with van der Waals surface area (Å²) in [6.07, 6.45) is 3.23. The maximum atomic E-state index is 13.5. The first-order chi connectivity index (χ1) is 9.40. The van der Waals surface area contributed by atoms with Crippen LogP contribution in [0.2, 0.25) is 10.0 Å². The van der Waals surface area contributed by atoms with E-state index in [9.17, 15) is 9.18 Å². The third-order valence-electron chi connectivity index (χ3n) is 4.28. The van der Waals surface area contributed by atoms with E-state index in [1.54, 1.807) is 0 Å². The Hall–Kier alpha value is -0.800. The molecule has 0 bridgehead atoms. The fourth-order valence-corrected chi connectivity index (χ4v) is 3.20. The zero-order valence-corrected chi connectivity index (χ0v) is 13.1. The van der Waals surface area contributed by atoms with Gasteiger partial charge < -0.3 is 5.32 Å². The van der Waals surface area contributed by atoms with E-state index in [1.165, 1.54) is 12.5 Å². The fourth-order valence-electron chi connectivity index (χ4n) is 2.73. The molecule has 5 heteroatoms. The minimum Gasteiger partial charge on any atom is -0.349 e. The first-order valence-electron chi connectivity index (χ1n) is 6.85. The highest BCUT2D eigenvalue weighted by molar-refractivity contribution is 6.36. The number of amides is 1. The van der Waals surface area contributed by atoms with Gasteiger partial charge in [-0.05, 0) is 30.4 Å². The second-order valence-corrected chi connectivity index (χ2v) is 6.41. The van der Waals surface area contributed by atoms with Crippen LogP contribution in [0.4, 0.5) is 4.39 Å². The average Bonchev–Trinajstić information content (AvgIpc) is 2.39. The number of benzene rings is 1. The van der Waals surface area contributed by atoms with Crippen LogP contribution in [0.5, 0.6) is 0 Å². The molecule has 2 rings (SSSR count). The van der Waals surface area contributed by atoms with E-state index in [0.717, 1.165) is 18.9 Å². The van der Waals surface area contributed by atoms with E-state index in [0.29, 0.717) is 11.8 Å². The zero-order chi connectivity index (χ0) is 14.9. The molecule has 1 fully saturated rings. The van der Waals surface area contributed by atoms with Crippen molar-refractivity contribution in [2.45, 2.75) is 39.2 Å². The maximum absolute atomic E-state index is 13.5. The predicted octanol–water partition coefficient (Wildman–Crippen LogP) is 4.69. The van der Waals surface area contributed by atoms with E-state index in [4.69, 9.17) is 23.2 Å². The van der Waals surface area contributed by atoms with Crippen LogP contribution in [0.1, 0.15) is 43.5 Å². The van der Waals surface area contributed by atoms with Gasteiger partial charge in [0, 0.05) is 6.04 Å². The molecule has 1 amide bonds.